The van der Waals surface area contributed by atoms with Gasteiger partial charge in [-0.1, -0.05) is 6.07 Å². The average molecular weight is 481 g/mol. The van der Waals surface area contributed by atoms with Gasteiger partial charge in [-0.3, -0.25) is 4.79 Å². The summed E-state index contributed by atoms with van der Waals surface area (Å²) in [6.45, 7) is 1.84. The predicted molar refractivity (Wildman–Crippen MR) is 115 cm³/mol. The average Bonchev–Trinajstić information content (AvgIpc) is 2.75. The summed E-state index contributed by atoms with van der Waals surface area (Å²) < 4.78 is 44.3. The molecule has 6 N–H and O–H groups in total. The molecule has 0 radical (unpaired) electrons. The Hall–Kier alpha value is -4.28. The second-order valence-electron chi connectivity index (χ2n) is 6.79. The molecule has 1 heterocycles. The Bertz CT molecular complexity index is 1070. The number of carbonyl (C=O) groups is 2. The van der Waals surface area contributed by atoms with Gasteiger partial charge >= 0.3 is 12.3 Å². The number of aromatic nitrogens is 2. The molecule has 34 heavy (non-hydrogen) atoms. The van der Waals surface area contributed by atoms with Gasteiger partial charge in [0.1, 0.15) is 12.1 Å². The number of ether oxygens (including phenoxy) is 1. The molecule has 14 heteroatoms. The molecule has 0 aliphatic heterocycles. The van der Waals surface area contributed by atoms with Gasteiger partial charge in [-0.2, -0.15) is 28.4 Å². The second kappa shape index (κ2) is 11.5. The van der Waals surface area contributed by atoms with Crippen molar-refractivity contribution in [1.29, 1.82) is 5.26 Å². The Morgan fingerprint density at radius 3 is 2.68 bits per heavy atom. The predicted octanol–water partition coefficient (Wildman–Crippen LogP) is 2.81. The highest BCUT2D eigenvalue weighted by Gasteiger charge is 2.31. The summed E-state index contributed by atoms with van der Waals surface area (Å²) in [5.41, 5.74) is 4.49. The first-order chi connectivity index (χ1) is 16.0. The summed E-state index contributed by atoms with van der Waals surface area (Å²) in [5.74, 6) is -1.21. The van der Waals surface area contributed by atoms with Crippen molar-refractivity contribution in [3.8, 4) is 11.9 Å². The number of anilines is 3. The lowest BCUT2D eigenvalue weighted by atomic mass is 10.1. The zero-order valence-electron chi connectivity index (χ0n) is 17.9. The maximum absolute atomic E-state index is 13.0. The summed E-state index contributed by atoms with van der Waals surface area (Å²) in [4.78, 5) is 31.4. The monoisotopic (exact) mass is 481 g/mol. The highest BCUT2D eigenvalue weighted by atomic mass is 19.4. The quantitative estimate of drug-likeness (QED) is 0.319. The van der Waals surface area contributed by atoms with Crippen LogP contribution in [0.2, 0.25) is 0 Å². The van der Waals surface area contributed by atoms with Crippen molar-refractivity contribution in [2.45, 2.75) is 32.0 Å². The molecule has 2 aromatic rings. The minimum Gasteiger partial charge on any atom is -0.477 e. The summed E-state index contributed by atoms with van der Waals surface area (Å²) in [7, 11) is 0. The van der Waals surface area contributed by atoms with Crippen molar-refractivity contribution < 1.29 is 32.6 Å². The second-order valence-corrected chi connectivity index (χ2v) is 6.79. The normalized spacial score (nSPS) is 11.7. The fourth-order valence-corrected chi connectivity index (χ4v) is 2.84. The van der Waals surface area contributed by atoms with Crippen LogP contribution in [0, 0.1) is 11.3 Å². The molecule has 0 unspecified atom stereocenters. The van der Waals surface area contributed by atoms with Gasteiger partial charge in [0, 0.05) is 12.2 Å². The third kappa shape index (κ3) is 7.40. The summed E-state index contributed by atoms with van der Waals surface area (Å²) in [6, 6.07) is 4.80. The van der Waals surface area contributed by atoms with Gasteiger partial charge in [0.2, 0.25) is 17.7 Å². The number of benzene rings is 1. The number of hydrogen-bond donors (Lipinski definition) is 5. The molecule has 0 aliphatic rings. The molecule has 0 fully saturated rings. The fraction of sp³-hybridized carbons (Fsp3) is 0.350. The molecule has 1 aromatic carbocycles. The smallest absolute Gasteiger partial charge is 0.416 e. The van der Waals surface area contributed by atoms with Crippen LogP contribution in [0.25, 0.3) is 0 Å². The van der Waals surface area contributed by atoms with E-state index < -0.39 is 29.8 Å². The van der Waals surface area contributed by atoms with Gasteiger partial charge in [-0.25, -0.2) is 4.79 Å². The third-order valence-corrected chi connectivity index (χ3v) is 4.32. The Kier molecular flexibility index (Phi) is 8.82. The molecule has 0 spiro atoms. The van der Waals surface area contributed by atoms with Crippen LogP contribution in [-0.2, 0) is 11.0 Å². The number of alkyl halides is 3. The first-order valence-corrected chi connectivity index (χ1v) is 9.97. The largest absolute Gasteiger partial charge is 0.477 e. The first kappa shape index (κ1) is 26.0. The number of nitrogens with two attached hydrogens (primary N) is 1. The van der Waals surface area contributed by atoms with E-state index in [1.165, 1.54) is 6.07 Å². The third-order valence-electron chi connectivity index (χ3n) is 4.32. The summed E-state index contributed by atoms with van der Waals surface area (Å²) in [6.07, 6.45) is -5.64. The van der Waals surface area contributed by atoms with Gasteiger partial charge in [-0.05, 0) is 38.0 Å². The van der Waals surface area contributed by atoms with Crippen LogP contribution in [0.4, 0.5) is 35.4 Å². The maximum atomic E-state index is 13.0. The standard InChI is InChI=1S/C20H22F3N7O4/c1-2-34-17-13(10-24)15(29-18(25)30-17)28-14(7-4-8-26-19(32)33)16(31)27-12-6-3-5-11(9-12)20(21,22)23/h3,5-6,9,14,26H,2,4,7-8H2,1H3,(H,27,31)(H,32,33)(H3,25,28,29,30)/t14-/m0/s1. The number of amides is 2. The number of nitrogen functional groups attached to an aromatic ring is 1. The van der Waals surface area contributed by atoms with Gasteiger partial charge < -0.3 is 31.5 Å². The lowest BCUT2D eigenvalue weighted by molar-refractivity contribution is -0.137. The molecule has 0 saturated carbocycles. The van der Waals surface area contributed by atoms with Crippen molar-refractivity contribution in [1.82, 2.24) is 15.3 Å². The molecule has 2 rings (SSSR count). The molecule has 2 amide bonds. The molecule has 0 bridgehead atoms. The van der Waals surface area contributed by atoms with E-state index in [0.717, 1.165) is 18.2 Å². The number of carboxylic acid groups (broad SMARTS) is 1. The van der Waals surface area contributed by atoms with E-state index in [4.69, 9.17) is 15.6 Å². The van der Waals surface area contributed by atoms with Crippen molar-refractivity contribution in [3.63, 3.8) is 0 Å². The van der Waals surface area contributed by atoms with Crippen LogP contribution in [0.15, 0.2) is 24.3 Å². The number of hydrogen-bond acceptors (Lipinski definition) is 8. The minimum atomic E-state index is -4.60. The molecule has 1 atom stereocenters. The van der Waals surface area contributed by atoms with Gasteiger partial charge in [0.15, 0.2) is 11.4 Å². The van der Waals surface area contributed by atoms with E-state index >= 15 is 0 Å². The van der Waals surface area contributed by atoms with Gasteiger partial charge in [-0.15, -0.1) is 0 Å². The van der Waals surface area contributed by atoms with E-state index in [-0.39, 0.29) is 54.9 Å². The molecule has 11 nitrogen and oxygen atoms in total. The molecular weight excluding hydrogens is 459 g/mol. The van der Waals surface area contributed by atoms with Crippen molar-refractivity contribution in [2.75, 3.05) is 29.5 Å². The summed E-state index contributed by atoms with van der Waals surface area (Å²) in [5, 5.41) is 25.5. The zero-order chi connectivity index (χ0) is 25.3. The van der Waals surface area contributed by atoms with Crippen LogP contribution in [0.5, 0.6) is 5.88 Å². The highest BCUT2D eigenvalue weighted by molar-refractivity contribution is 5.96. The highest BCUT2D eigenvalue weighted by Crippen LogP contribution is 2.31. The summed E-state index contributed by atoms with van der Waals surface area (Å²) >= 11 is 0. The van der Waals surface area contributed by atoms with Crippen LogP contribution in [0.1, 0.15) is 30.9 Å². The number of carbonyl (C=O) groups excluding carboxylic acids is 1. The number of nitriles is 1. The van der Waals surface area contributed by atoms with Crippen molar-refractivity contribution in [2.24, 2.45) is 0 Å². The number of rotatable bonds is 10. The van der Waals surface area contributed by atoms with E-state index in [1.807, 2.05) is 6.07 Å². The lowest BCUT2D eigenvalue weighted by Gasteiger charge is -2.20. The van der Waals surface area contributed by atoms with Gasteiger partial charge in [0.25, 0.3) is 0 Å². The maximum Gasteiger partial charge on any atom is 0.416 e. The van der Waals surface area contributed by atoms with Crippen LogP contribution < -0.4 is 26.4 Å². The molecule has 0 aliphatic carbocycles. The number of halogens is 3. The molecule has 0 saturated heterocycles. The van der Waals surface area contributed by atoms with Crippen LogP contribution in [0.3, 0.4) is 0 Å². The topological polar surface area (TPSA) is 175 Å². The zero-order valence-corrected chi connectivity index (χ0v) is 17.9. The minimum absolute atomic E-state index is 0.00552. The number of nitrogens with zero attached hydrogens (tertiary/aromatic N) is 3. The van der Waals surface area contributed by atoms with E-state index in [9.17, 15) is 28.0 Å². The molecular formula is C20H22F3N7O4. The van der Waals surface area contributed by atoms with Crippen molar-refractivity contribution in [3.05, 3.63) is 35.4 Å². The van der Waals surface area contributed by atoms with E-state index in [0.29, 0.717) is 0 Å². The number of nitrogens with one attached hydrogen (secondary N) is 3. The van der Waals surface area contributed by atoms with Crippen molar-refractivity contribution >= 4 is 29.5 Å². The first-order valence-electron chi connectivity index (χ1n) is 9.97. The van der Waals surface area contributed by atoms with E-state index in [1.54, 1.807) is 6.92 Å². The van der Waals surface area contributed by atoms with Crippen LogP contribution in [-0.4, -0.2) is 46.3 Å². The van der Waals surface area contributed by atoms with Gasteiger partial charge in [0.05, 0.1) is 12.2 Å². The van der Waals surface area contributed by atoms with E-state index in [2.05, 4.69) is 25.9 Å². The Labute approximate surface area is 192 Å². The lowest BCUT2D eigenvalue weighted by Crippen LogP contribution is -2.36. The Morgan fingerprint density at radius 1 is 1.32 bits per heavy atom. The Morgan fingerprint density at radius 2 is 2.06 bits per heavy atom. The SMILES string of the molecule is CCOc1nc(N)nc(N[C@@H](CCCNC(=O)O)C(=O)Nc2cccc(C(F)(F)F)c2)c1C#N. The molecule has 182 valence electrons. The molecule has 1 aromatic heterocycles. The van der Waals surface area contributed by atoms with Crippen LogP contribution >= 0.6 is 0 Å². The Balaban J connectivity index is 2.31. The fourth-order valence-electron chi connectivity index (χ4n) is 2.84.